The molecule has 2 rings (SSSR count). The quantitative estimate of drug-likeness (QED) is 0.828. The van der Waals surface area contributed by atoms with E-state index in [0.717, 1.165) is 25.8 Å². The molecule has 2 fully saturated rings. The van der Waals surface area contributed by atoms with Gasteiger partial charge in [0.2, 0.25) is 10.0 Å². The SMILES string of the molecule is CN(CC1CCCN1)S(=O)(=O)CC1CCCCC1. The van der Waals surface area contributed by atoms with Gasteiger partial charge in [0, 0.05) is 19.6 Å². The van der Waals surface area contributed by atoms with Crippen molar-refractivity contribution in [3.8, 4) is 0 Å². The number of sulfonamides is 1. The predicted molar refractivity (Wildman–Crippen MR) is 74.0 cm³/mol. The van der Waals surface area contributed by atoms with Gasteiger partial charge in [-0.05, 0) is 38.1 Å². The van der Waals surface area contributed by atoms with E-state index in [9.17, 15) is 8.42 Å². The molecule has 2 aliphatic rings. The largest absolute Gasteiger partial charge is 0.313 e. The first-order valence-electron chi connectivity index (χ1n) is 7.25. The Hall–Kier alpha value is -0.130. The first kappa shape index (κ1) is 14.3. The van der Waals surface area contributed by atoms with Crippen LogP contribution in [0.1, 0.15) is 44.9 Å². The van der Waals surface area contributed by atoms with E-state index in [1.54, 1.807) is 11.4 Å². The summed E-state index contributed by atoms with van der Waals surface area (Å²) in [6.07, 6.45) is 8.13. The van der Waals surface area contributed by atoms with Crippen LogP contribution in [-0.4, -0.2) is 44.7 Å². The molecule has 0 aromatic rings. The molecule has 0 bridgehead atoms. The molecule has 1 atom stereocenters. The minimum Gasteiger partial charge on any atom is -0.313 e. The van der Waals surface area contributed by atoms with E-state index in [-0.39, 0.29) is 0 Å². The van der Waals surface area contributed by atoms with Gasteiger partial charge in [0.25, 0.3) is 0 Å². The zero-order valence-corrected chi connectivity index (χ0v) is 12.2. The van der Waals surface area contributed by atoms with Gasteiger partial charge in [0.1, 0.15) is 0 Å². The summed E-state index contributed by atoms with van der Waals surface area (Å²) in [6.45, 7) is 1.66. The Bertz CT molecular complexity index is 344. The van der Waals surface area contributed by atoms with Gasteiger partial charge >= 0.3 is 0 Å². The summed E-state index contributed by atoms with van der Waals surface area (Å²) in [5.74, 6) is 0.749. The normalized spacial score (nSPS) is 26.9. The van der Waals surface area contributed by atoms with E-state index < -0.39 is 10.0 Å². The van der Waals surface area contributed by atoms with Gasteiger partial charge in [0.15, 0.2) is 0 Å². The Morgan fingerprint density at radius 1 is 1.11 bits per heavy atom. The van der Waals surface area contributed by atoms with Crippen LogP contribution in [0.25, 0.3) is 0 Å². The van der Waals surface area contributed by atoms with Crippen molar-refractivity contribution in [3.05, 3.63) is 0 Å². The van der Waals surface area contributed by atoms with Gasteiger partial charge in [-0.1, -0.05) is 19.3 Å². The number of rotatable bonds is 5. The molecule has 1 saturated heterocycles. The zero-order valence-electron chi connectivity index (χ0n) is 11.4. The molecule has 0 radical (unpaired) electrons. The fourth-order valence-corrected chi connectivity index (χ4v) is 4.71. The number of likely N-dealkylation sites (N-methyl/N-ethyl adjacent to an activating group) is 1. The van der Waals surface area contributed by atoms with E-state index in [2.05, 4.69) is 5.32 Å². The standard InChI is InChI=1S/C13H26N2O2S/c1-15(10-13-8-5-9-14-13)18(16,17)11-12-6-3-2-4-7-12/h12-14H,2-11H2,1H3. The van der Waals surface area contributed by atoms with Crippen LogP contribution in [0.3, 0.4) is 0 Å². The molecule has 1 N–H and O–H groups in total. The van der Waals surface area contributed by atoms with Crippen molar-refractivity contribution in [2.45, 2.75) is 51.0 Å². The van der Waals surface area contributed by atoms with Crippen molar-refractivity contribution in [2.75, 3.05) is 25.9 Å². The second-order valence-electron chi connectivity index (χ2n) is 5.86. The number of hydrogen-bond donors (Lipinski definition) is 1. The molecule has 5 heteroatoms. The van der Waals surface area contributed by atoms with Crippen LogP contribution in [0.2, 0.25) is 0 Å². The highest BCUT2D eigenvalue weighted by atomic mass is 32.2. The van der Waals surface area contributed by atoms with Crippen molar-refractivity contribution >= 4 is 10.0 Å². The Morgan fingerprint density at radius 2 is 1.83 bits per heavy atom. The second-order valence-corrected chi connectivity index (χ2v) is 7.98. The molecule has 0 aromatic heterocycles. The average Bonchev–Trinajstić information content (AvgIpc) is 2.82. The Balaban J connectivity index is 1.83. The fraction of sp³-hybridized carbons (Fsp3) is 1.00. The maximum atomic E-state index is 12.3. The molecule has 0 aromatic carbocycles. The minimum atomic E-state index is -3.05. The maximum Gasteiger partial charge on any atom is 0.214 e. The lowest BCUT2D eigenvalue weighted by atomic mass is 9.91. The number of nitrogens with zero attached hydrogens (tertiary/aromatic N) is 1. The summed E-state index contributed by atoms with van der Waals surface area (Å²) in [6, 6.07) is 0.358. The molecule has 18 heavy (non-hydrogen) atoms. The zero-order chi connectivity index (χ0) is 13.0. The lowest BCUT2D eigenvalue weighted by Gasteiger charge is -2.26. The molecule has 1 unspecified atom stereocenters. The molecular formula is C13H26N2O2S. The highest BCUT2D eigenvalue weighted by Crippen LogP contribution is 2.25. The highest BCUT2D eigenvalue weighted by molar-refractivity contribution is 7.89. The van der Waals surface area contributed by atoms with Gasteiger partial charge < -0.3 is 5.32 Å². The maximum absolute atomic E-state index is 12.3. The molecule has 1 saturated carbocycles. The van der Waals surface area contributed by atoms with Gasteiger partial charge in [-0.15, -0.1) is 0 Å². The van der Waals surface area contributed by atoms with Crippen LogP contribution in [0.5, 0.6) is 0 Å². The summed E-state index contributed by atoms with van der Waals surface area (Å²) in [4.78, 5) is 0. The number of hydrogen-bond acceptors (Lipinski definition) is 3. The van der Waals surface area contributed by atoms with Crippen LogP contribution in [0, 0.1) is 5.92 Å². The summed E-state index contributed by atoms with van der Waals surface area (Å²) < 4.78 is 26.1. The second kappa shape index (κ2) is 6.35. The Kier molecular flexibility index (Phi) is 5.04. The Morgan fingerprint density at radius 3 is 2.44 bits per heavy atom. The van der Waals surface area contributed by atoms with Crippen molar-refractivity contribution in [3.63, 3.8) is 0 Å². The average molecular weight is 274 g/mol. The Labute approximate surface area is 111 Å². The van der Waals surface area contributed by atoms with Crippen molar-refractivity contribution < 1.29 is 8.42 Å². The molecule has 106 valence electrons. The van der Waals surface area contributed by atoms with Crippen LogP contribution in [0.4, 0.5) is 0 Å². The van der Waals surface area contributed by atoms with E-state index in [4.69, 9.17) is 0 Å². The van der Waals surface area contributed by atoms with Crippen LogP contribution in [0.15, 0.2) is 0 Å². The smallest absolute Gasteiger partial charge is 0.214 e. The molecule has 1 aliphatic heterocycles. The third-order valence-electron chi connectivity index (χ3n) is 4.29. The summed E-state index contributed by atoms with van der Waals surface area (Å²) in [7, 11) is -1.32. The van der Waals surface area contributed by atoms with Gasteiger partial charge in [-0.25, -0.2) is 12.7 Å². The fourth-order valence-electron chi connectivity index (χ4n) is 3.12. The molecule has 0 spiro atoms. The summed E-state index contributed by atoms with van der Waals surface area (Å²) in [5.41, 5.74) is 0. The van der Waals surface area contributed by atoms with Crippen molar-refractivity contribution in [2.24, 2.45) is 5.92 Å². The van der Waals surface area contributed by atoms with Gasteiger partial charge in [-0.3, -0.25) is 0 Å². The van der Waals surface area contributed by atoms with Gasteiger partial charge in [-0.2, -0.15) is 0 Å². The van der Waals surface area contributed by atoms with E-state index >= 15 is 0 Å². The van der Waals surface area contributed by atoms with E-state index in [1.807, 2.05) is 0 Å². The molecule has 1 aliphatic carbocycles. The monoisotopic (exact) mass is 274 g/mol. The first-order chi connectivity index (χ1) is 8.58. The molecule has 0 amide bonds. The van der Waals surface area contributed by atoms with E-state index in [1.165, 1.54) is 25.7 Å². The lowest BCUT2D eigenvalue weighted by molar-refractivity contribution is 0.369. The summed E-state index contributed by atoms with van der Waals surface area (Å²) in [5, 5.41) is 3.36. The molecule has 4 nitrogen and oxygen atoms in total. The highest BCUT2D eigenvalue weighted by Gasteiger charge is 2.27. The minimum absolute atomic E-state index is 0.357. The summed E-state index contributed by atoms with van der Waals surface area (Å²) >= 11 is 0. The third kappa shape index (κ3) is 3.93. The van der Waals surface area contributed by atoms with Crippen molar-refractivity contribution in [1.29, 1.82) is 0 Å². The van der Waals surface area contributed by atoms with Crippen LogP contribution in [-0.2, 0) is 10.0 Å². The van der Waals surface area contributed by atoms with Crippen LogP contribution < -0.4 is 5.32 Å². The van der Waals surface area contributed by atoms with Gasteiger partial charge in [0.05, 0.1) is 5.75 Å². The lowest BCUT2D eigenvalue weighted by Crippen LogP contribution is -2.40. The molecular weight excluding hydrogens is 248 g/mol. The third-order valence-corrected chi connectivity index (χ3v) is 6.28. The first-order valence-corrected chi connectivity index (χ1v) is 8.86. The molecule has 1 heterocycles. The topological polar surface area (TPSA) is 49.4 Å². The van der Waals surface area contributed by atoms with E-state index in [0.29, 0.717) is 24.3 Å². The van der Waals surface area contributed by atoms with Crippen LogP contribution >= 0.6 is 0 Å². The number of nitrogens with one attached hydrogen (secondary N) is 1. The predicted octanol–water partition coefficient (Wildman–Crippen LogP) is 1.58. The van der Waals surface area contributed by atoms with Crippen molar-refractivity contribution in [1.82, 2.24) is 9.62 Å².